The Morgan fingerprint density at radius 1 is 1.00 bits per heavy atom. The molecule has 0 radical (unpaired) electrons. The molecule has 0 saturated heterocycles. The van der Waals surface area contributed by atoms with Gasteiger partial charge >= 0.3 is 5.97 Å². The SMILES string of the molecule is COC(=O)C1(CSCc2ccccc2)N=CN(C(C)c2ccccc2)C1CC1CCC(C(c2cccc(F)c2)N(C)C)CC1. The lowest BCUT2D eigenvalue weighted by molar-refractivity contribution is -0.147. The number of benzene rings is 3. The summed E-state index contributed by atoms with van der Waals surface area (Å²) in [6, 6.07) is 28.1. The van der Waals surface area contributed by atoms with E-state index in [1.807, 2.05) is 24.5 Å². The van der Waals surface area contributed by atoms with Gasteiger partial charge in [0.05, 0.1) is 25.5 Å². The van der Waals surface area contributed by atoms with Crippen LogP contribution in [0.25, 0.3) is 0 Å². The van der Waals surface area contributed by atoms with Crippen molar-refractivity contribution < 1.29 is 13.9 Å². The molecule has 7 heteroatoms. The van der Waals surface area contributed by atoms with Gasteiger partial charge in [0, 0.05) is 17.5 Å². The van der Waals surface area contributed by atoms with E-state index in [1.165, 1.54) is 24.3 Å². The zero-order chi connectivity index (χ0) is 31.1. The van der Waals surface area contributed by atoms with Crippen LogP contribution in [0.2, 0.25) is 0 Å². The van der Waals surface area contributed by atoms with E-state index in [1.54, 1.807) is 17.8 Å². The van der Waals surface area contributed by atoms with Gasteiger partial charge < -0.3 is 14.5 Å². The molecule has 1 saturated carbocycles. The molecule has 4 atom stereocenters. The molecule has 1 aliphatic heterocycles. The van der Waals surface area contributed by atoms with Gasteiger partial charge in [-0.3, -0.25) is 4.99 Å². The van der Waals surface area contributed by atoms with E-state index in [-0.39, 0.29) is 29.9 Å². The van der Waals surface area contributed by atoms with Gasteiger partial charge in [0.25, 0.3) is 0 Å². The Kier molecular flexibility index (Phi) is 10.8. The summed E-state index contributed by atoms with van der Waals surface area (Å²) in [5.41, 5.74) is 2.51. The maximum Gasteiger partial charge on any atom is 0.336 e. The fourth-order valence-corrected chi connectivity index (χ4v) is 8.59. The summed E-state index contributed by atoms with van der Waals surface area (Å²) in [6.45, 7) is 2.20. The van der Waals surface area contributed by atoms with Crippen molar-refractivity contribution in [1.82, 2.24) is 9.80 Å². The molecule has 5 nitrogen and oxygen atoms in total. The summed E-state index contributed by atoms with van der Waals surface area (Å²) in [6.07, 6.45) is 7.07. The summed E-state index contributed by atoms with van der Waals surface area (Å²) in [5, 5.41) is 0. The van der Waals surface area contributed by atoms with Crippen molar-refractivity contribution in [2.75, 3.05) is 27.0 Å². The second kappa shape index (κ2) is 14.7. The summed E-state index contributed by atoms with van der Waals surface area (Å²) < 4.78 is 19.6. The van der Waals surface area contributed by atoms with Gasteiger partial charge in [-0.25, -0.2) is 9.18 Å². The predicted octanol–water partition coefficient (Wildman–Crippen LogP) is 7.94. The van der Waals surface area contributed by atoms with E-state index < -0.39 is 5.54 Å². The molecular formula is C37H46FN3O2S. The molecule has 4 unspecified atom stereocenters. The van der Waals surface area contributed by atoms with Crippen LogP contribution in [-0.2, 0) is 15.3 Å². The van der Waals surface area contributed by atoms with E-state index in [0.717, 1.165) is 43.4 Å². The molecule has 1 aliphatic carbocycles. The fourth-order valence-electron chi connectivity index (χ4n) is 7.37. The molecule has 1 heterocycles. The first kappa shape index (κ1) is 32.2. The lowest BCUT2D eigenvalue weighted by Gasteiger charge is -2.42. The number of aliphatic imine (C=N–C) groups is 1. The number of methoxy groups -OCH3 is 1. The summed E-state index contributed by atoms with van der Waals surface area (Å²) in [5.74, 6) is 1.85. The minimum atomic E-state index is -0.970. The van der Waals surface area contributed by atoms with Crippen LogP contribution in [0, 0.1) is 17.7 Å². The van der Waals surface area contributed by atoms with Gasteiger partial charge in [-0.15, -0.1) is 0 Å². The van der Waals surface area contributed by atoms with Gasteiger partial charge in [0.2, 0.25) is 0 Å². The topological polar surface area (TPSA) is 45.1 Å². The third-order valence-corrected chi connectivity index (χ3v) is 10.9. The third kappa shape index (κ3) is 7.21. The zero-order valence-corrected chi connectivity index (χ0v) is 27.3. The van der Waals surface area contributed by atoms with Crippen molar-refractivity contribution in [2.45, 2.75) is 68.4 Å². The van der Waals surface area contributed by atoms with Gasteiger partial charge in [0.1, 0.15) is 5.82 Å². The van der Waals surface area contributed by atoms with Crippen molar-refractivity contribution in [3.8, 4) is 0 Å². The number of carbonyl (C=O) groups is 1. The normalized spacial score (nSPS) is 24.8. The van der Waals surface area contributed by atoms with Crippen molar-refractivity contribution in [3.63, 3.8) is 0 Å². The number of nitrogens with zero attached hydrogens (tertiary/aromatic N) is 3. The average Bonchev–Trinajstić information content (AvgIpc) is 3.40. The molecule has 0 N–H and O–H groups in total. The number of hydrogen-bond donors (Lipinski definition) is 0. The molecule has 2 aliphatic rings. The first-order valence-corrected chi connectivity index (χ1v) is 17.0. The quantitative estimate of drug-likeness (QED) is 0.194. The molecule has 0 amide bonds. The second-order valence-electron chi connectivity index (χ2n) is 12.7. The van der Waals surface area contributed by atoms with Crippen molar-refractivity contribution in [1.29, 1.82) is 0 Å². The lowest BCUT2D eigenvalue weighted by Crippen LogP contribution is -2.54. The largest absolute Gasteiger partial charge is 0.467 e. The minimum absolute atomic E-state index is 0.0676. The molecule has 0 spiro atoms. The summed E-state index contributed by atoms with van der Waals surface area (Å²) in [4.78, 5) is 23.3. The van der Waals surface area contributed by atoms with Crippen LogP contribution in [0.5, 0.6) is 0 Å². The van der Waals surface area contributed by atoms with Crippen molar-refractivity contribution in [3.05, 3.63) is 107 Å². The Morgan fingerprint density at radius 2 is 1.66 bits per heavy atom. The molecule has 234 valence electrons. The van der Waals surface area contributed by atoms with Gasteiger partial charge in [-0.05, 0) is 80.9 Å². The smallest absolute Gasteiger partial charge is 0.336 e. The number of ether oxygens (including phenoxy) is 1. The van der Waals surface area contributed by atoms with Gasteiger partial charge in [0.15, 0.2) is 5.54 Å². The average molecular weight is 616 g/mol. The van der Waals surface area contributed by atoms with Crippen LogP contribution in [0.1, 0.15) is 67.8 Å². The number of esters is 1. The highest BCUT2D eigenvalue weighted by Gasteiger charge is 2.54. The Bertz CT molecular complexity index is 1380. The highest BCUT2D eigenvalue weighted by atomic mass is 32.2. The van der Waals surface area contributed by atoms with E-state index in [4.69, 9.17) is 9.73 Å². The number of hydrogen-bond acceptors (Lipinski definition) is 6. The number of thioether (sulfide) groups is 1. The van der Waals surface area contributed by atoms with Crippen molar-refractivity contribution in [2.24, 2.45) is 16.8 Å². The molecule has 3 aromatic rings. The predicted molar refractivity (Wildman–Crippen MR) is 179 cm³/mol. The highest BCUT2D eigenvalue weighted by molar-refractivity contribution is 7.98. The molecule has 0 aromatic heterocycles. The van der Waals surface area contributed by atoms with Crippen molar-refractivity contribution >= 4 is 24.1 Å². The fraction of sp³-hybridized carbons (Fsp3) is 0.459. The molecular weight excluding hydrogens is 569 g/mol. The monoisotopic (exact) mass is 615 g/mol. The maximum atomic E-state index is 14.1. The Morgan fingerprint density at radius 3 is 2.30 bits per heavy atom. The van der Waals surface area contributed by atoms with Gasteiger partial charge in [-0.1, -0.05) is 85.6 Å². The van der Waals surface area contributed by atoms with E-state index in [0.29, 0.717) is 17.6 Å². The first-order valence-electron chi connectivity index (χ1n) is 15.8. The molecule has 0 bridgehead atoms. The van der Waals surface area contributed by atoms with E-state index in [9.17, 15) is 9.18 Å². The molecule has 44 heavy (non-hydrogen) atoms. The Hall–Kier alpha value is -3.16. The van der Waals surface area contributed by atoms with E-state index in [2.05, 4.69) is 85.4 Å². The van der Waals surface area contributed by atoms with Crippen LogP contribution in [0.4, 0.5) is 4.39 Å². The number of halogens is 1. The molecule has 1 fully saturated rings. The highest BCUT2D eigenvalue weighted by Crippen LogP contribution is 2.45. The zero-order valence-electron chi connectivity index (χ0n) is 26.4. The minimum Gasteiger partial charge on any atom is -0.467 e. The van der Waals surface area contributed by atoms with Crippen LogP contribution in [0.15, 0.2) is 89.9 Å². The van der Waals surface area contributed by atoms with Crippen LogP contribution in [-0.4, -0.2) is 60.6 Å². The number of rotatable bonds is 12. The Labute approximate surface area is 266 Å². The standard InChI is InChI=1S/C37H46FN3O2S/c1-27(30-14-9-6-10-15-30)41-26-39-37(36(42)43-4,25-44-24-29-12-7-5-8-13-29)34(41)22-28-18-20-31(21-19-28)35(40(2)3)32-16-11-17-33(38)23-32/h5-17,23,26-28,31,34-35H,18-22,24-25H2,1-4H3. The van der Waals surface area contributed by atoms with Gasteiger partial charge in [-0.2, -0.15) is 11.8 Å². The molecule has 3 aromatic carbocycles. The molecule has 5 rings (SSSR count). The summed E-state index contributed by atoms with van der Waals surface area (Å²) in [7, 11) is 5.68. The summed E-state index contributed by atoms with van der Waals surface area (Å²) >= 11 is 1.75. The van der Waals surface area contributed by atoms with Crippen LogP contribution < -0.4 is 0 Å². The number of carbonyl (C=O) groups excluding carboxylic acids is 1. The van der Waals surface area contributed by atoms with Crippen LogP contribution >= 0.6 is 11.8 Å². The Balaban J connectivity index is 1.36. The third-order valence-electron chi connectivity index (χ3n) is 9.68. The lowest BCUT2D eigenvalue weighted by atomic mass is 9.73. The first-order chi connectivity index (χ1) is 21.3. The maximum absolute atomic E-state index is 14.1. The second-order valence-corrected chi connectivity index (χ2v) is 13.7. The van der Waals surface area contributed by atoms with Crippen LogP contribution in [0.3, 0.4) is 0 Å². The van der Waals surface area contributed by atoms with E-state index >= 15 is 0 Å².